The lowest BCUT2D eigenvalue weighted by Gasteiger charge is -2.19. The molecule has 1 amide bonds. The molecule has 0 spiro atoms. The fraction of sp³-hybridized carbons (Fsp3) is 0.947. The van der Waals surface area contributed by atoms with E-state index < -0.39 is 5.60 Å². The van der Waals surface area contributed by atoms with Crippen LogP contribution in [0.4, 0.5) is 4.79 Å². The monoisotopic (exact) mass is 345 g/mol. The Morgan fingerprint density at radius 3 is 1.83 bits per heavy atom. The van der Waals surface area contributed by atoms with Crippen LogP contribution >= 0.6 is 0 Å². The molecule has 0 radical (unpaired) electrons. The third-order valence-electron chi connectivity index (χ3n) is 3.62. The first-order valence-corrected chi connectivity index (χ1v) is 9.61. The third-order valence-corrected chi connectivity index (χ3v) is 3.62. The SMILES string of the molecule is CC(C)(C)OC(=O)NCCCCCCCCCCCCOCCO. The van der Waals surface area contributed by atoms with Gasteiger partial charge in [0.2, 0.25) is 0 Å². The van der Waals surface area contributed by atoms with Gasteiger partial charge in [0, 0.05) is 13.2 Å². The van der Waals surface area contributed by atoms with Crippen molar-refractivity contribution < 1.29 is 19.4 Å². The summed E-state index contributed by atoms with van der Waals surface area (Å²) in [5, 5.41) is 11.4. The summed E-state index contributed by atoms with van der Waals surface area (Å²) < 4.78 is 10.4. The van der Waals surface area contributed by atoms with Gasteiger partial charge in [0.25, 0.3) is 0 Å². The van der Waals surface area contributed by atoms with Crippen molar-refractivity contribution in [2.24, 2.45) is 0 Å². The minimum Gasteiger partial charge on any atom is -0.444 e. The quantitative estimate of drug-likeness (QED) is 0.431. The standard InChI is InChI=1S/C19H39NO4/c1-19(2,3)24-18(22)20-14-12-10-8-6-4-5-7-9-11-13-16-23-17-15-21/h21H,4-17H2,1-3H3,(H,20,22). The summed E-state index contributed by atoms with van der Waals surface area (Å²) in [6, 6.07) is 0. The van der Waals surface area contributed by atoms with Crippen LogP contribution in [0.5, 0.6) is 0 Å². The molecule has 0 saturated heterocycles. The van der Waals surface area contributed by atoms with Crippen LogP contribution in [0.15, 0.2) is 0 Å². The maximum Gasteiger partial charge on any atom is 0.407 e. The predicted molar refractivity (Wildman–Crippen MR) is 98.3 cm³/mol. The molecular weight excluding hydrogens is 306 g/mol. The molecule has 144 valence electrons. The topological polar surface area (TPSA) is 67.8 Å². The molecule has 0 fully saturated rings. The minimum atomic E-state index is -0.420. The second-order valence-corrected chi connectivity index (χ2v) is 7.30. The Kier molecular flexibility index (Phi) is 15.2. The first-order valence-electron chi connectivity index (χ1n) is 9.61. The van der Waals surface area contributed by atoms with Crippen LogP contribution in [-0.4, -0.2) is 43.2 Å². The average Bonchev–Trinajstić information content (AvgIpc) is 2.49. The highest BCUT2D eigenvalue weighted by Crippen LogP contribution is 2.11. The van der Waals surface area contributed by atoms with Crippen molar-refractivity contribution in [3.63, 3.8) is 0 Å². The summed E-state index contributed by atoms with van der Waals surface area (Å²) in [4.78, 5) is 11.4. The van der Waals surface area contributed by atoms with Crippen molar-refractivity contribution in [3.8, 4) is 0 Å². The van der Waals surface area contributed by atoms with Crippen molar-refractivity contribution in [1.82, 2.24) is 5.32 Å². The van der Waals surface area contributed by atoms with E-state index in [1.807, 2.05) is 20.8 Å². The van der Waals surface area contributed by atoms with Crippen molar-refractivity contribution in [2.45, 2.75) is 90.6 Å². The van der Waals surface area contributed by atoms with E-state index in [0.29, 0.717) is 13.2 Å². The number of aliphatic hydroxyl groups excluding tert-OH is 1. The molecule has 0 rings (SSSR count). The molecule has 0 saturated carbocycles. The van der Waals surface area contributed by atoms with E-state index in [1.54, 1.807) is 0 Å². The first kappa shape index (κ1) is 23.2. The molecule has 0 aromatic rings. The Morgan fingerprint density at radius 2 is 1.33 bits per heavy atom. The summed E-state index contributed by atoms with van der Waals surface area (Å²) in [6.45, 7) is 7.68. The lowest BCUT2D eigenvalue weighted by Crippen LogP contribution is -2.32. The molecule has 0 atom stereocenters. The summed E-state index contributed by atoms with van der Waals surface area (Å²) in [5.74, 6) is 0. The Morgan fingerprint density at radius 1 is 0.833 bits per heavy atom. The number of carbonyl (C=O) groups excluding carboxylic acids is 1. The number of hydrogen-bond acceptors (Lipinski definition) is 4. The predicted octanol–water partition coefficient (Wildman–Crippen LogP) is 4.42. The fourth-order valence-corrected chi connectivity index (χ4v) is 2.41. The number of ether oxygens (including phenoxy) is 2. The first-order chi connectivity index (χ1) is 11.5. The molecule has 0 aliphatic heterocycles. The third kappa shape index (κ3) is 19.2. The van der Waals surface area contributed by atoms with E-state index in [4.69, 9.17) is 14.6 Å². The van der Waals surface area contributed by atoms with Crippen molar-refractivity contribution >= 4 is 6.09 Å². The van der Waals surface area contributed by atoms with Crippen molar-refractivity contribution in [3.05, 3.63) is 0 Å². The second kappa shape index (κ2) is 15.7. The van der Waals surface area contributed by atoms with Gasteiger partial charge in [-0.1, -0.05) is 51.4 Å². The smallest absolute Gasteiger partial charge is 0.407 e. The van der Waals surface area contributed by atoms with Crippen molar-refractivity contribution in [2.75, 3.05) is 26.4 Å². The molecule has 0 aliphatic rings. The van der Waals surface area contributed by atoms with Gasteiger partial charge in [-0.15, -0.1) is 0 Å². The Bertz CT molecular complexity index is 290. The highest BCUT2D eigenvalue weighted by molar-refractivity contribution is 5.67. The lowest BCUT2D eigenvalue weighted by molar-refractivity contribution is 0.0527. The van der Waals surface area contributed by atoms with Crippen molar-refractivity contribution in [1.29, 1.82) is 0 Å². The van der Waals surface area contributed by atoms with Gasteiger partial charge in [-0.2, -0.15) is 0 Å². The van der Waals surface area contributed by atoms with E-state index >= 15 is 0 Å². The van der Waals surface area contributed by atoms with Gasteiger partial charge in [0.1, 0.15) is 5.60 Å². The molecule has 5 nitrogen and oxygen atoms in total. The average molecular weight is 346 g/mol. The zero-order valence-corrected chi connectivity index (χ0v) is 16.1. The number of rotatable bonds is 15. The molecule has 5 heteroatoms. The fourth-order valence-electron chi connectivity index (χ4n) is 2.41. The van der Waals surface area contributed by atoms with Gasteiger partial charge >= 0.3 is 6.09 Å². The van der Waals surface area contributed by atoms with Gasteiger partial charge in [0.05, 0.1) is 13.2 Å². The Hall–Kier alpha value is -0.810. The Labute approximate surface area is 148 Å². The van der Waals surface area contributed by atoms with E-state index in [9.17, 15) is 4.79 Å². The van der Waals surface area contributed by atoms with Crippen LogP contribution in [-0.2, 0) is 9.47 Å². The maximum absolute atomic E-state index is 11.4. The van der Waals surface area contributed by atoms with E-state index in [-0.39, 0.29) is 12.7 Å². The summed E-state index contributed by atoms with van der Waals surface area (Å²) in [6.07, 6.45) is 11.9. The molecule has 0 aromatic carbocycles. The van der Waals surface area contributed by atoms with Crippen LogP contribution < -0.4 is 5.32 Å². The number of aliphatic hydroxyl groups is 1. The number of alkyl carbamates (subject to hydrolysis) is 1. The zero-order valence-electron chi connectivity index (χ0n) is 16.1. The highest BCUT2D eigenvalue weighted by atomic mass is 16.6. The van der Waals surface area contributed by atoms with Crippen LogP contribution in [0.25, 0.3) is 0 Å². The van der Waals surface area contributed by atoms with Crippen LogP contribution in [0.3, 0.4) is 0 Å². The normalized spacial score (nSPS) is 11.5. The molecule has 2 N–H and O–H groups in total. The number of nitrogens with one attached hydrogen (secondary N) is 1. The molecular formula is C19H39NO4. The lowest BCUT2D eigenvalue weighted by atomic mass is 10.1. The summed E-state index contributed by atoms with van der Waals surface area (Å²) >= 11 is 0. The summed E-state index contributed by atoms with van der Waals surface area (Å²) in [7, 11) is 0. The van der Waals surface area contributed by atoms with Crippen LogP contribution in [0, 0.1) is 0 Å². The van der Waals surface area contributed by atoms with E-state index in [1.165, 1.54) is 44.9 Å². The van der Waals surface area contributed by atoms with Crippen LogP contribution in [0.1, 0.15) is 85.0 Å². The second-order valence-electron chi connectivity index (χ2n) is 7.30. The highest BCUT2D eigenvalue weighted by Gasteiger charge is 2.15. The number of carbonyl (C=O) groups is 1. The molecule has 0 unspecified atom stereocenters. The van der Waals surface area contributed by atoms with Crippen LogP contribution in [0.2, 0.25) is 0 Å². The van der Waals surface area contributed by atoms with Gasteiger partial charge in [-0.25, -0.2) is 4.79 Å². The molecule has 0 bridgehead atoms. The summed E-state index contributed by atoms with van der Waals surface area (Å²) in [5.41, 5.74) is -0.420. The molecule has 0 heterocycles. The minimum absolute atomic E-state index is 0.122. The van der Waals surface area contributed by atoms with Gasteiger partial charge in [0.15, 0.2) is 0 Å². The van der Waals surface area contributed by atoms with E-state index in [2.05, 4.69) is 5.32 Å². The number of amides is 1. The van der Waals surface area contributed by atoms with Gasteiger partial charge in [-0.3, -0.25) is 0 Å². The maximum atomic E-state index is 11.4. The molecule has 0 aromatic heterocycles. The molecule has 0 aliphatic carbocycles. The Balaban J connectivity index is 3.14. The zero-order chi connectivity index (χ0) is 18.1. The van der Waals surface area contributed by atoms with Gasteiger partial charge < -0.3 is 19.9 Å². The van der Waals surface area contributed by atoms with Gasteiger partial charge in [-0.05, 0) is 33.6 Å². The molecule has 24 heavy (non-hydrogen) atoms. The number of hydrogen-bond donors (Lipinski definition) is 2. The largest absolute Gasteiger partial charge is 0.444 e. The van der Waals surface area contributed by atoms with E-state index in [0.717, 1.165) is 25.9 Å². The number of unbranched alkanes of at least 4 members (excludes halogenated alkanes) is 9.